The van der Waals surface area contributed by atoms with E-state index in [9.17, 15) is 4.91 Å². The van der Waals surface area contributed by atoms with Gasteiger partial charge < -0.3 is 10.6 Å². The van der Waals surface area contributed by atoms with Gasteiger partial charge in [-0.2, -0.15) is 0 Å². The van der Waals surface area contributed by atoms with Crippen LogP contribution in [0.1, 0.15) is 0 Å². The molecule has 0 spiro atoms. The first-order valence-corrected chi connectivity index (χ1v) is 6.92. The number of para-hydroxylation sites is 1. The molecule has 0 unspecified atom stereocenters. The first kappa shape index (κ1) is 13.8. The first-order valence-electron chi connectivity index (χ1n) is 6.92. The van der Waals surface area contributed by atoms with Crippen LogP contribution in [0.15, 0.2) is 84.0 Å². The van der Waals surface area contributed by atoms with Gasteiger partial charge in [-0.25, -0.2) is 0 Å². The maximum atomic E-state index is 10.8. The van der Waals surface area contributed by atoms with Gasteiger partial charge in [-0.05, 0) is 53.7 Å². The Bertz CT molecular complexity index is 787. The summed E-state index contributed by atoms with van der Waals surface area (Å²) in [7, 11) is 0. The highest BCUT2D eigenvalue weighted by molar-refractivity contribution is 5.79. The van der Waals surface area contributed by atoms with E-state index in [1.165, 1.54) is 0 Å². The average Bonchev–Trinajstić information content (AvgIpc) is 2.56. The van der Waals surface area contributed by atoms with Crippen LogP contribution in [0, 0.1) is 4.91 Å². The van der Waals surface area contributed by atoms with Crippen LogP contribution >= 0.6 is 0 Å². The van der Waals surface area contributed by atoms with Crippen molar-refractivity contribution in [2.45, 2.75) is 0 Å². The molecule has 0 aliphatic rings. The van der Waals surface area contributed by atoms with E-state index in [-0.39, 0.29) is 0 Å². The molecule has 4 nitrogen and oxygen atoms in total. The molecule has 4 heteroatoms. The fourth-order valence-electron chi connectivity index (χ4n) is 2.38. The molecule has 3 rings (SSSR count). The van der Waals surface area contributed by atoms with Crippen molar-refractivity contribution in [3.63, 3.8) is 0 Å². The maximum absolute atomic E-state index is 10.8. The highest BCUT2D eigenvalue weighted by atomic mass is 16.3. The summed E-state index contributed by atoms with van der Waals surface area (Å²) < 4.78 is 0. The van der Waals surface area contributed by atoms with Crippen molar-refractivity contribution in [1.82, 2.24) is 0 Å². The Kier molecular flexibility index (Phi) is 3.83. The first-order chi connectivity index (χ1) is 10.8. The van der Waals surface area contributed by atoms with Crippen LogP contribution in [0.2, 0.25) is 0 Å². The number of hydrogen-bond donors (Lipinski definition) is 1. The summed E-state index contributed by atoms with van der Waals surface area (Å²) in [6, 6.07) is 24.7. The SMILES string of the molecule is Nc1cccc(N(c2ccccc2)c2cccc(N=O)c2)c1. The lowest BCUT2D eigenvalue weighted by atomic mass is 10.1. The Morgan fingerprint density at radius 3 is 2.05 bits per heavy atom. The topological polar surface area (TPSA) is 58.7 Å². The molecule has 0 radical (unpaired) electrons. The molecule has 0 aromatic heterocycles. The predicted molar refractivity (Wildman–Crippen MR) is 91.0 cm³/mol. The number of hydrogen-bond acceptors (Lipinski definition) is 4. The third-order valence-electron chi connectivity index (χ3n) is 3.34. The quantitative estimate of drug-likeness (QED) is 0.534. The van der Waals surface area contributed by atoms with E-state index in [0.29, 0.717) is 11.4 Å². The maximum Gasteiger partial charge on any atom is 0.110 e. The summed E-state index contributed by atoms with van der Waals surface area (Å²) in [6.07, 6.45) is 0. The zero-order valence-electron chi connectivity index (χ0n) is 11.9. The minimum atomic E-state index is 0.391. The Hall–Kier alpha value is -3.14. The highest BCUT2D eigenvalue weighted by Gasteiger charge is 2.12. The van der Waals surface area contributed by atoms with E-state index in [2.05, 4.69) is 5.18 Å². The van der Waals surface area contributed by atoms with Crippen LogP contribution in [0.3, 0.4) is 0 Å². The summed E-state index contributed by atoms with van der Waals surface area (Å²) in [5.74, 6) is 0. The molecular weight excluding hydrogens is 274 g/mol. The number of anilines is 4. The predicted octanol–water partition coefficient (Wildman–Crippen LogP) is 5.14. The largest absolute Gasteiger partial charge is 0.399 e. The van der Waals surface area contributed by atoms with Gasteiger partial charge in [0.05, 0.1) is 0 Å². The van der Waals surface area contributed by atoms with Gasteiger partial charge in [-0.1, -0.05) is 30.3 Å². The van der Waals surface area contributed by atoms with E-state index < -0.39 is 0 Å². The summed E-state index contributed by atoms with van der Waals surface area (Å²) in [4.78, 5) is 12.9. The van der Waals surface area contributed by atoms with Crippen molar-refractivity contribution in [3.05, 3.63) is 83.8 Å². The van der Waals surface area contributed by atoms with Gasteiger partial charge >= 0.3 is 0 Å². The number of nitroso groups, excluding NO2 is 1. The van der Waals surface area contributed by atoms with E-state index >= 15 is 0 Å². The van der Waals surface area contributed by atoms with Gasteiger partial charge in [-0.3, -0.25) is 0 Å². The van der Waals surface area contributed by atoms with E-state index in [4.69, 9.17) is 5.73 Å². The summed E-state index contributed by atoms with van der Waals surface area (Å²) in [5, 5.41) is 3.02. The second-order valence-corrected chi connectivity index (χ2v) is 4.88. The van der Waals surface area contributed by atoms with Crippen molar-refractivity contribution < 1.29 is 0 Å². The second-order valence-electron chi connectivity index (χ2n) is 4.88. The molecule has 22 heavy (non-hydrogen) atoms. The van der Waals surface area contributed by atoms with Crippen LogP contribution < -0.4 is 10.6 Å². The molecule has 0 fully saturated rings. The van der Waals surface area contributed by atoms with E-state index in [1.807, 2.05) is 71.6 Å². The molecule has 0 saturated heterocycles. The molecule has 0 aliphatic carbocycles. The van der Waals surface area contributed by atoms with Crippen molar-refractivity contribution >= 4 is 28.4 Å². The van der Waals surface area contributed by atoms with Crippen molar-refractivity contribution in [1.29, 1.82) is 0 Å². The normalized spacial score (nSPS) is 10.2. The standard InChI is InChI=1S/C18H15N3O/c19-14-6-4-10-17(12-14)21(16-8-2-1-3-9-16)18-11-5-7-15(13-18)20-22/h1-13H,19H2. The Morgan fingerprint density at radius 1 is 0.727 bits per heavy atom. The smallest absolute Gasteiger partial charge is 0.110 e. The van der Waals surface area contributed by atoms with Crippen LogP contribution in [0.5, 0.6) is 0 Å². The van der Waals surface area contributed by atoms with Gasteiger partial charge in [0, 0.05) is 22.7 Å². The summed E-state index contributed by atoms with van der Waals surface area (Å²) in [5.41, 5.74) is 9.75. The second kappa shape index (κ2) is 6.10. The fraction of sp³-hybridized carbons (Fsp3) is 0. The minimum Gasteiger partial charge on any atom is -0.399 e. The average molecular weight is 289 g/mol. The van der Waals surface area contributed by atoms with Gasteiger partial charge in [0.2, 0.25) is 0 Å². The Balaban J connectivity index is 2.16. The van der Waals surface area contributed by atoms with Crippen molar-refractivity contribution in [2.24, 2.45) is 5.18 Å². The molecule has 0 aliphatic heterocycles. The third-order valence-corrected chi connectivity index (χ3v) is 3.34. The van der Waals surface area contributed by atoms with Crippen LogP contribution in [0.25, 0.3) is 0 Å². The fourth-order valence-corrected chi connectivity index (χ4v) is 2.38. The molecule has 3 aromatic carbocycles. The minimum absolute atomic E-state index is 0.391. The molecule has 0 atom stereocenters. The molecular formula is C18H15N3O. The van der Waals surface area contributed by atoms with Crippen molar-refractivity contribution in [3.8, 4) is 0 Å². The number of nitrogens with zero attached hydrogens (tertiary/aromatic N) is 2. The van der Waals surface area contributed by atoms with E-state index in [1.54, 1.807) is 12.1 Å². The van der Waals surface area contributed by atoms with Crippen LogP contribution in [-0.4, -0.2) is 0 Å². The lowest BCUT2D eigenvalue weighted by molar-refractivity contribution is 1.28. The molecule has 108 valence electrons. The number of benzene rings is 3. The van der Waals surface area contributed by atoms with Gasteiger partial charge in [0.25, 0.3) is 0 Å². The monoisotopic (exact) mass is 289 g/mol. The number of nitrogens with two attached hydrogens (primary N) is 1. The molecule has 2 N–H and O–H groups in total. The number of nitrogen functional groups attached to an aromatic ring is 1. The van der Waals surface area contributed by atoms with Crippen molar-refractivity contribution in [2.75, 3.05) is 10.6 Å². The zero-order chi connectivity index (χ0) is 15.4. The number of rotatable bonds is 4. The molecule has 0 heterocycles. The Labute approximate surface area is 128 Å². The van der Waals surface area contributed by atoms with Gasteiger partial charge in [0.15, 0.2) is 0 Å². The highest BCUT2D eigenvalue weighted by Crippen LogP contribution is 2.36. The third kappa shape index (κ3) is 2.81. The summed E-state index contributed by atoms with van der Waals surface area (Å²) in [6.45, 7) is 0. The van der Waals surface area contributed by atoms with Crippen LogP contribution in [0.4, 0.5) is 28.4 Å². The molecule has 0 saturated carbocycles. The lowest BCUT2D eigenvalue weighted by Crippen LogP contribution is -2.09. The lowest BCUT2D eigenvalue weighted by Gasteiger charge is -2.25. The molecule has 3 aromatic rings. The Morgan fingerprint density at radius 2 is 1.36 bits per heavy atom. The van der Waals surface area contributed by atoms with Crippen LogP contribution in [-0.2, 0) is 0 Å². The van der Waals surface area contributed by atoms with Gasteiger partial charge in [0.1, 0.15) is 5.69 Å². The molecule has 0 amide bonds. The van der Waals surface area contributed by atoms with Gasteiger partial charge in [-0.15, -0.1) is 4.91 Å². The summed E-state index contributed by atoms with van der Waals surface area (Å²) >= 11 is 0. The van der Waals surface area contributed by atoms with E-state index in [0.717, 1.165) is 17.1 Å². The molecule has 0 bridgehead atoms. The zero-order valence-corrected chi connectivity index (χ0v) is 11.9.